The molecule has 0 amide bonds. The molecule has 74 valence electrons. The lowest BCUT2D eigenvalue weighted by Gasteiger charge is -2.11. The molecule has 1 aromatic rings. The van der Waals surface area contributed by atoms with Crippen LogP contribution in [-0.4, -0.2) is 9.97 Å². The summed E-state index contributed by atoms with van der Waals surface area (Å²) in [6.07, 6.45) is 10.1. The maximum Gasteiger partial charge on any atom is 0.0923 e. The molecule has 1 rings (SSSR count). The Balaban J connectivity index is 2.23. The zero-order valence-corrected chi connectivity index (χ0v) is 8.71. The summed E-state index contributed by atoms with van der Waals surface area (Å²) in [6, 6.07) is 0. The summed E-state index contributed by atoms with van der Waals surface area (Å²) in [5.74, 6) is 0.890. The van der Waals surface area contributed by atoms with E-state index in [-0.39, 0.29) is 0 Å². The van der Waals surface area contributed by atoms with Crippen molar-refractivity contribution in [2.24, 2.45) is 5.92 Å². The second-order valence-electron chi connectivity index (χ2n) is 3.66. The summed E-state index contributed by atoms with van der Waals surface area (Å²) in [6.45, 7) is 4.54. The van der Waals surface area contributed by atoms with Gasteiger partial charge in [0.1, 0.15) is 0 Å². The standard InChI is InChI=1S/C11H20N2/c1-3-5-10(4-2)6-7-11-8-12-9-13-11/h8-10H,3-7H2,1-2H3,(H,12,13). The molecule has 0 spiro atoms. The Morgan fingerprint density at radius 3 is 2.77 bits per heavy atom. The maximum atomic E-state index is 4.23. The Hall–Kier alpha value is -0.790. The number of hydrogen-bond donors (Lipinski definition) is 1. The normalized spacial score (nSPS) is 13.1. The van der Waals surface area contributed by atoms with Crippen LogP contribution in [0.15, 0.2) is 12.5 Å². The number of H-pyrrole nitrogens is 1. The molecule has 1 atom stereocenters. The molecule has 0 saturated heterocycles. The highest BCUT2D eigenvalue weighted by atomic mass is 14.9. The van der Waals surface area contributed by atoms with Crippen LogP contribution in [0.2, 0.25) is 0 Å². The van der Waals surface area contributed by atoms with Gasteiger partial charge in [-0.3, -0.25) is 0 Å². The van der Waals surface area contributed by atoms with Crippen LogP contribution in [0, 0.1) is 5.92 Å². The van der Waals surface area contributed by atoms with Gasteiger partial charge in [0, 0.05) is 6.20 Å². The van der Waals surface area contributed by atoms with Crippen LogP contribution in [0.3, 0.4) is 0 Å². The number of aromatic amines is 1. The van der Waals surface area contributed by atoms with Gasteiger partial charge in [0.2, 0.25) is 0 Å². The summed E-state index contributed by atoms with van der Waals surface area (Å²) in [5.41, 5.74) is 1.20. The first-order valence-corrected chi connectivity index (χ1v) is 5.34. The highest BCUT2D eigenvalue weighted by Gasteiger charge is 2.05. The number of rotatable bonds is 6. The molecule has 0 aliphatic rings. The van der Waals surface area contributed by atoms with Crippen LogP contribution in [0.1, 0.15) is 45.2 Å². The van der Waals surface area contributed by atoms with Crippen molar-refractivity contribution >= 4 is 0 Å². The number of aryl methyl sites for hydroxylation is 1. The predicted molar refractivity (Wildman–Crippen MR) is 55.6 cm³/mol. The van der Waals surface area contributed by atoms with Crippen molar-refractivity contribution in [2.75, 3.05) is 0 Å². The summed E-state index contributed by atoms with van der Waals surface area (Å²) >= 11 is 0. The minimum Gasteiger partial charge on any atom is -0.351 e. The molecular weight excluding hydrogens is 160 g/mol. The molecule has 0 bridgehead atoms. The SMILES string of the molecule is CCCC(CC)CCc1c[nH]cn1. The molecule has 1 aromatic heterocycles. The Morgan fingerprint density at radius 2 is 2.23 bits per heavy atom. The number of nitrogens with one attached hydrogen (secondary N) is 1. The van der Waals surface area contributed by atoms with Gasteiger partial charge in [0.05, 0.1) is 12.0 Å². The van der Waals surface area contributed by atoms with Crippen LogP contribution in [-0.2, 0) is 6.42 Å². The van der Waals surface area contributed by atoms with Crippen molar-refractivity contribution in [3.05, 3.63) is 18.2 Å². The van der Waals surface area contributed by atoms with Crippen LogP contribution < -0.4 is 0 Å². The van der Waals surface area contributed by atoms with E-state index < -0.39 is 0 Å². The Labute approximate surface area is 80.8 Å². The van der Waals surface area contributed by atoms with E-state index in [0.29, 0.717) is 0 Å². The second kappa shape index (κ2) is 5.79. The molecule has 0 fully saturated rings. The number of nitrogens with zero attached hydrogens (tertiary/aromatic N) is 1. The minimum atomic E-state index is 0.890. The van der Waals surface area contributed by atoms with E-state index in [2.05, 4.69) is 23.8 Å². The highest BCUT2D eigenvalue weighted by Crippen LogP contribution is 2.17. The van der Waals surface area contributed by atoms with Crippen molar-refractivity contribution in [3.8, 4) is 0 Å². The van der Waals surface area contributed by atoms with Gasteiger partial charge in [-0.05, 0) is 18.8 Å². The van der Waals surface area contributed by atoms with Gasteiger partial charge in [-0.25, -0.2) is 4.98 Å². The topological polar surface area (TPSA) is 28.7 Å². The molecule has 1 N–H and O–H groups in total. The van der Waals surface area contributed by atoms with Gasteiger partial charge in [-0.2, -0.15) is 0 Å². The first-order valence-electron chi connectivity index (χ1n) is 5.34. The van der Waals surface area contributed by atoms with E-state index >= 15 is 0 Å². The molecule has 0 aliphatic heterocycles. The van der Waals surface area contributed by atoms with Crippen molar-refractivity contribution in [2.45, 2.75) is 46.0 Å². The molecule has 0 aromatic carbocycles. The summed E-state index contributed by atoms with van der Waals surface area (Å²) in [4.78, 5) is 7.22. The monoisotopic (exact) mass is 180 g/mol. The van der Waals surface area contributed by atoms with Crippen LogP contribution in [0.5, 0.6) is 0 Å². The molecule has 0 saturated carbocycles. The average Bonchev–Trinajstić information content (AvgIpc) is 2.64. The molecule has 13 heavy (non-hydrogen) atoms. The summed E-state index contributed by atoms with van der Waals surface area (Å²) < 4.78 is 0. The van der Waals surface area contributed by atoms with Gasteiger partial charge >= 0.3 is 0 Å². The van der Waals surface area contributed by atoms with Gasteiger partial charge in [-0.1, -0.05) is 33.1 Å². The van der Waals surface area contributed by atoms with Crippen molar-refractivity contribution in [3.63, 3.8) is 0 Å². The summed E-state index contributed by atoms with van der Waals surface area (Å²) in [5, 5.41) is 0. The predicted octanol–water partition coefficient (Wildman–Crippen LogP) is 3.17. The third-order valence-electron chi connectivity index (χ3n) is 2.64. The van der Waals surface area contributed by atoms with Crippen LogP contribution in [0.25, 0.3) is 0 Å². The van der Waals surface area contributed by atoms with Crippen LogP contribution >= 0.6 is 0 Å². The first-order chi connectivity index (χ1) is 6.36. The fourth-order valence-corrected chi connectivity index (χ4v) is 1.74. The number of hydrogen-bond acceptors (Lipinski definition) is 1. The van der Waals surface area contributed by atoms with Crippen LogP contribution in [0.4, 0.5) is 0 Å². The Bertz CT molecular complexity index is 204. The van der Waals surface area contributed by atoms with Crippen molar-refractivity contribution < 1.29 is 0 Å². The third kappa shape index (κ3) is 3.62. The molecule has 2 nitrogen and oxygen atoms in total. The van der Waals surface area contributed by atoms with Gasteiger partial charge in [-0.15, -0.1) is 0 Å². The summed E-state index contributed by atoms with van der Waals surface area (Å²) in [7, 11) is 0. The Kier molecular flexibility index (Phi) is 4.58. The third-order valence-corrected chi connectivity index (χ3v) is 2.64. The van der Waals surface area contributed by atoms with E-state index in [0.717, 1.165) is 12.3 Å². The lowest BCUT2D eigenvalue weighted by Crippen LogP contribution is -2.00. The average molecular weight is 180 g/mol. The quantitative estimate of drug-likeness (QED) is 0.715. The number of imidazole rings is 1. The molecular formula is C11H20N2. The van der Waals surface area contributed by atoms with Gasteiger partial charge < -0.3 is 4.98 Å². The fraction of sp³-hybridized carbons (Fsp3) is 0.727. The first kappa shape index (κ1) is 10.3. The number of aromatic nitrogens is 2. The second-order valence-corrected chi connectivity index (χ2v) is 3.66. The fourth-order valence-electron chi connectivity index (χ4n) is 1.74. The van der Waals surface area contributed by atoms with Gasteiger partial charge in [0.15, 0.2) is 0 Å². The van der Waals surface area contributed by atoms with E-state index in [4.69, 9.17) is 0 Å². The molecule has 1 unspecified atom stereocenters. The minimum absolute atomic E-state index is 0.890. The van der Waals surface area contributed by atoms with E-state index in [9.17, 15) is 0 Å². The van der Waals surface area contributed by atoms with E-state index in [1.807, 2.05) is 6.20 Å². The van der Waals surface area contributed by atoms with E-state index in [1.54, 1.807) is 6.33 Å². The highest BCUT2D eigenvalue weighted by molar-refractivity contribution is 4.94. The molecule has 0 aliphatic carbocycles. The van der Waals surface area contributed by atoms with E-state index in [1.165, 1.54) is 31.4 Å². The molecule has 0 radical (unpaired) electrons. The Morgan fingerprint density at radius 1 is 1.38 bits per heavy atom. The lowest BCUT2D eigenvalue weighted by atomic mass is 9.95. The lowest BCUT2D eigenvalue weighted by molar-refractivity contribution is 0.431. The maximum absolute atomic E-state index is 4.23. The van der Waals surface area contributed by atoms with Crippen molar-refractivity contribution in [1.82, 2.24) is 9.97 Å². The van der Waals surface area contributed by atoms with Crippen molar-refractivity contribution in [1.29, 1.82) is 0 Å². The molecule has 2 heteroatoms. The largest absolute Gasteiger partial charge is 0.351 e. The smallest absolute Gasteiger partial charge is 0.0923 e. The molecule has 1 heterocycles. The van der Waals surface area contributed by atoms with Gasteiger partial charge in [0.25, 0.3) is 0 Å². The zero-order chi connectivity index (χ0) is 9.52. The zero-order valence-electron chi connectivity index (χ0n) is 8.71.